The highest BCUT2D eigenvalue weighted by Gasteiger charge is 2.12. The van der Waals surface area contributed by atoms with E-state index in [-0.39, 0.29) is 5.38 Å². The highest BCUT2D eigenvalue weighted by atomic mass is 35.5. The third-order valence-corrected chi connectivity index (χ3v) is 3.64. The SMILES string of the molecule is Cc1ccccc1CC(Cl)c1ccccc1Cl. The molecule has 0 radical (unpaired) electrons. The molecular formula is C15H14Cl2. The molecule has 0 saturated heterocycles. The van der Waals surface area contributed by atoms with Crippen LogP contribution in [0.4, 0.5) is 0 Å². The fraction of sp³-hybridized carbons (Fsp3) is 0.200. The topological polar surface area (TPSA) is 0 Å². The van der Waals surface area contributed by atoms with Crippen LogP contribution >= 0.6 is 23.2 Å². The predicted octanol–water partition coefficient (Wildman–Crippen LogP) is 5.17. The summed E-state index contributed by atoms with van der Waals surface area (Å²) in [7, 11) is 0. The first-order chi connectivity index (χ1) is 8.18. The maximum absolute atomic E-state index is 6.43. The summed E-state index contributed by atoms with van der Waals surface area (Å²) < 4.78 is 0. The van der Waals surface area contributed by atoms with Crippen molar-refractivity contribution in [3.63, 3.8) is 0 Å². The van der Waals surface area contributed by atoms with Gasteiger partial charge in [0.1, 0.15) is 0 Å². The molecule has 2 rings (SSSR count). The molecule has 0 nitrogen and oxygen atoms in total. The third kappa shape index (κ3) is 3.02. The van der Waals surface area contributed by atoms with Crippen molar-refractivity contribution in [3.8, 4) is 0 Å². The van der Waals surface area contributed by atoms with Crippen molar-refractivity contribution in [1.82, 2.24) is 0 Å². The summed E-state index contributed by atoms with van der Waals surface area (Å²) >= 11 is 12.6. The van der Waals surface area contributed by atoms with Crippen molar-refractivity contribution in [1.29, 1.82) is 0 Å². The summed E-state index contributed by atoms with van der Waals surface area (Å²) in [5.41, 5.74) is 3.54. The lowest BCUT2D eigenvalue weighted by Crippen LogP contribution is -1.98. The van der Waals surface area contributed by atoms with Crippen LogP contribution < -0.4 is 0 Å². The Morgan fingerprint density at radius 1 is 1.00 bits per heavy atom. The summed E-state index contributed by atoms with van der Waals surface area (Å²) in [6.07, 6.45) is 0.804. The molecule has 0 aromatic heterocycles. The van der Waals surface area contributed by atoms with E-state index in [0.717, 1.165) is 17.0 Å². The van der Waals surface area contributed by atoms with E-state index in [0.29, 0.717) is 0 Å². The van der Waals surface area contributed by atoms with Crippen molar-refractivity contribution in [2.45, 2.75) is 18.7 Å². The first-order valence-corrected chi connectivity index (χ1v) is 6.43. The zero-order valence-electron chi connectivity index (χ0n) is 9.66. The molecule has 0 heterocycles. The van der Waals surface area contributed by atoms with Gasteiger partial charge in [-0.15, -0.1) is 11.6 Å². The van der Waals surface area contributed by atoms with Gasteiger partial charge in [0.2, 0.25) is 0 Å². The van der Waals surface area contributed by atoms with Gasteiger partial charge in [-0.25, -0.2) is 0 Å². The van der Waals surface area contributed by atoms with E-state index >= 15 is 0 Å². The van der Waals surface area contributed by atoms with Gasteiger partial charge in [-0.3, -0.25) is 0 Å². The van der Waals surface area contributed by atoms with Gasteiger partial charge in [0.05, 0.1) is 5.38 Å². The number of hydrogen-bond acceptors (Lipinski definition) is 0. The molecule has 0 spiro atoms. The lowest BCUT2D eigenvalue weighted by molar-refractivity contribution is 0.911. The minimum atomic E-state index is -0.0789. The van der Waals surface area contributed by atoms with Crippen molar-refractivity contribution >= 4 is 23.2 Å². The van der Waals surface area contributed by atoms with Gasteiger partial charge in [-0.2, -0.15) is 0 Å². The Bertz CT molecular complexity index is 506. The van der Waals surface area contributed by atoms with Gasteiger partial charge < -0.3 is 0 Å². The van der Waals surface area contributed by atoms with Crippen LogP contribution in [-0.4, -0.2) is 0 Å². The molecule has 0 aliphatic carbocycles. The van der Waals surface area contributed by atoms with Crippen LogP contribution in [0.1, 0.15) is 22.1 Å². The number of benzene rings is 2. The Balaban J connectivity index is 2.20. The minimum Gasteiger partial charge on any atom is -0.117 e. The molecule has 2 aromatic carbocycles. The van der Waals surface area contributed by atoms with E-state index in [1.165, 1.54) is 11.1 Å². The molecule has 0 fully saturated rings. The van der Waals surface area contributed by atoms with Crippen LogP contribution in [-0.2, 0) is 6.42 Å². The fourth-order valence-corrected chi connectivity index (χ4v) is 2.55. The zero-order valence-corrected chi connectivity index (χ0v) is 11.2. The van der Waals surface area contributed by atoms with Crippen molar-refractivity contribution in [2.24, 2.45) is 0 Å². The number of rotatable bonds is 3. The van der Waals surface area contributed by atoms with E-state index < -0.39 is 0 Å². The first kappa shape index (κ1) is 12.5. The van der Waals surface area contributed by atoms with Gasteiger partial charge in [-0.05, 0) is 36.1 Å². The minimum absolute atomic E-state index is 0.0789. The van der Waals surface area contributed by atoms with Gasteiger partial charge >= 0.3 is 0 Å². The molecule has 88 valence electrons. The van der Waals surface area contributed by atoms with Crippen LogP contribution in [0.5, 0.6) is 0 Å². The zero-order chi connectivity index (χ0) is 12.3. The highest BCUT2D eigenvalue weighted by Crippen LogP contribution is 2.31. The first-order valence-electron chi connectivity index (χ1n) is 5.61. The van der Waals surface area contributed by atoms with Crippen molar-refractivity contribution < 1.29 is 0 Å². The van der Waals surface area contributed by atoms with Gasteiger partial charge in [-0.1, -0.05) is 54.1 Å². The lowest BCUT2D eigenvalue weighted by atomic mass is 10.0. The fourth-order valence-electron chi connectivity index (χ4n) is 1.87. The van der Waals surface area contributed by atoms with E-state index in [9.17, 15) is 0 Å². The molecule has 0 saturated carbocycles. The molecule has 1 atom stereocenters. The molecule has 0 aliphatic rings. The van der Waals surface area contributed by atoms with Gasteiger partial charge in [0.25, 0.3) is 0 Å². The van der Waals surface area contributed by atoms with Crippen LogP contribution in [0.25, 0.3) is 0 Å². The lowest BCUT2D eigenvalue weighted by Gasteiger charge is -2.13. The molecule has 2 aromatic rings. The largest absolute Gasteiger partial charge is 0.117 e. The molecule has 0 bridgehead atoms. The number of halogens is 2. The maximum Gasteiger partial charge on any atom is 0.0640 e. The summed E-state index contributed by atoms with van der Waals surface area (Å²) in [4.78, 5) is 0. The van der Waals surface area contributed by atoms with E-state index in [2.05, 4.69) is 19.1 Å². The van der Waals surface area contributed by atoms with Crippen LogP contribution in [0.3, 0.4) is 0 Å². The van der Waals surface area contributed by atoms with E-state index in [4.69, 9.17) is 23.2 Å². The number of aryl methyl sites for hydroxylation is 1. The Labute approximate surface area is 112 Å². The Hall–Kier alpha value is -0.980. The molecule has 2 heteroatoms. The predicted molar refractivity (Wildman–Crippen MR) is 74.9 cm³/mol. The highest BCUT2D eigenvalue weighted by molar-refractivity contribution is 6.32. The van der Waals surface area contributed by atoms with Crippen molar-refractivity contribution in [3.05, 3.63) is 70.2 Å². The van der Waals surface area contributed by atoms with E-state index in [1.807, 2.05) is 36.4 Å². The average molecular weight is 265 g/mol. The van der Waals surface area contributed by atoms with Crippen molar-refractivity contribution in [2.75, 3.05) is 0 Å². The van der Waals surface area contributed by atoms with Gasteiger partial charge in [0.15, 0.2) is 0 Å². The molecule has 0 aliphatic heterocycles. The summed E-state index contributed by atoms with van der Waals surface area (Å²) in [5.74, 6) is 0. The monoisotopic (exact) mass is 264 g/mol. The Kier molecular flexibility index (Phi) is 4.09. The van der Waals surface area contributed by atoms with Crippen LogP contribution in [0.15, 0.2) is 48.5 Å². The number of alkyl halides is 1. The molecule has 0 amide bonds. The maximum atomic E-state index is 6.43. The standard InChI is InChI=1S/C15H14Cl2/c1-11-6-2-3-7-12(11)10-15(17)13-8-4-5-9-14(13)16/h2-9,15H,10H2,1H3. The molecular weight excluding hydrogens is 251 g/mol. The second-order valence-corrected chi connectivity index (χ2v) is 5.05. The Morgan fingerprint density at radius 2 is 1.65 bits per heavy atom. The third-order valence-electron chi connectivity index (χ3n) is 2.90. The van der Waals surface area contributed by atoms with Crippen LogP contribution in [0, 0.1) is 6.92 Å². The quantitative estimate of drug-likeness (QED) is 0.671. The summed E-state index contributed by atoms with van der Waals surface area (Å²) in [6, 6.07) is 16.0. The summed E-state index contributed by atoms with van der Waals surface area (Å²) in [5, 5.41) is 0.658. The number of hydrogen-bond donors (Lipinski definition) is 0. The van der Waals surface area contributed by atoms with Crippen LogP contribution in [0.2, 0.25) is 5.02 Å². The average Bonchev–Trinajstić information content (AvgIpc) is 2.32. The van der Waals surface area contributed by atoms with E-state index in [1.54, 1.807) is 0 Å². The Morgan fingerprint density at radius 3 is 2.35 bits per heavy atom. The smallest absolute Gasteiger partial charge is 0.0640 e. The second kappa shape index (κ2) is 5.57. The molecule has 0 N–H and O–H groups in total. The summed E-state index contributed by atoms with van der Waals surface area (Å²) in [6.45, 7) is 2.10. The van der Waals surface area contributed by atoms with Gasteiger partial charge in [0, 0.05) is 5.02 Å². The molecule has 1 unspecified atom stereocenters. The normalized spacial score (nSPS) is 12.4. The second-order valence-electron chi connectivity index (χ2n) is 4.12. The molecule has 17 heavy (non-hydrogen) atoms.